The highest BCUT2D eigenvalue weighted by Gasteiger charge is 2.18. The second kappa shape index (κ2) is 6.18. The van der Waals surface area contributed by atoms with Crippen molar-refractivity contribution in [3.63, 3.8) is 0 Å². The highest BCUT2D eigenvalue weighted by molar-refractivity contribution is 5.83. The zero-order valence-corrected chi connectivity index (χ0v) is 11.2. The number of esters is 1. The molecule has 0 saturated carbocycles. The van der Waals surface area contributed by atoms with Gasteiger partial charge in [0, 0.05) is 17.8 Å². The predicted octanol–water partition coefficient (Wildman–Crippen LogP) is 0.591. The molecule has 0 aliphatic heterocycles. The number of hydrogen-bond donors (Lipinski definition) is 1. The van der Waals surface area contributed by atoms with Crippen LogP contribution in [0, 0.1) is 13.8 Å². The predicted molar refractivity (Wildman–Crippen MR) is 66.0 cm³/mol. The van der Waals surface area contributed by atoms with Crippen LogP contribution >= 0.6 is 0 Å². The number of ether oxygens (including phenoxy) is 1. The number of aromatic amines is 1. The zero-order chi connectivity index (χ0) is 13.7. The van der Waals surface area contributed by atoms with Crippen LogP contribution in [0.25, 0.3) is 0 Å². The van der Waals surface area contributed by atoms with Gasteiger partial charge in [0.15, 0.2) is 0 Å². The molecule has 1 rings (SSSR count). The van der Waals surface area contributed by atoms with Gasteiger partial charge in [-0.2, -0.15) is 5.10 Å². The number of nitrogens with zero attached hydrogens (tertiary/aromatic N) is 2. The molecule has 0 spiro atoms. The van der Waals surface area contributed by atoms with Gasteiger partial charge in [-0.3, -0.25) is 14.7 Å². The monoisotopic (exact) mass is 253 g/mol. The zero-order valence-electron chi connectivity index (χ0n) is 11.2. The molecule has 6 heteroatoms. The average molecular weight is 253 g/mol. The third-order valence-electron chi connectivity index (χ3n) is 2.89. The van der Waals surface area contributed by atoms with Gasteiger partial charge in [-0.15, -0.1) is 0 Å². The molecule has 0 aliphatic carbocycles. The molecule has 1 N–H and O–H groups in total. The quantitative estimate of drug-likeness (QED) is 0.779. The summed E-state index contributed by atoms with van der Waals surface area (Å²) in [6, 6.07) is 0. The van der Waals surface area contributed by atoms with Gasteiger partial charge in [0.25, 0.3) is 0 Å². The molecule has 0 aliphatic rings. The number of nitrogens with one attached hydrogen (secondary N) is 1. The third-order valence-corrected chi connectivity index (χ3v) is 2.89. The number of rotatable bonds is 5. The second-order valence-electron chi connectivity index (χ2n) is 4.07. The van der Waals surface area contributed by atoms with Crippen LogP contribution < -0.4 is 0 Å². The lowest BCUT2D eigenvalue weighted by molar-refractivity contribution is -0.146. The van der Waals surface area contributed by atoms with E-state index in [0.29, 0.717) is 6.54 Å². The van der Waals surface area contributed by atoms with E-state index in [1.54, 1.807) is 0 Å². The normalized spacial score (nSPS) is 10.2. The molecule has 1 aromatic heterocycles. The molecule has 1 amide bonds. The molecule has 0 unspecified atom stereocenters. The first-order valence-electron chi connectivity index (χ1n) is 5.84. The number of aromatic nitrogens is 2. The maximum Gasteiger partial charge on any atom is 0.325 e. The van der Waals surface area contributed by atoms with Crippen molar-refractivity contribution in [2.24, 2.45) is 0 Å². The number of methoxy groups -OCH3 is 1. The molecule has 100 valence electrons. The number of aryl methyl sites for hydroxylation is 2. The molecule has 0 saturated heterocycles. The van der Waals surface area contributed by atoms with Crippen molar-refractivity contribution in [1.82, 2.24) is 15.1 Å². The highest BCUT2D eigenvalue weighted by Crippen LogP contribution is 2.11. The van der Waals surface area contributed by atoms with Gasteiger partial charge in [0.2, 0.25) is 5.91 Å². The molecule has 0 aromatic carbocycles. The Balaban J connectivity index is 2.71. The Morgan fingerprint density at radius 2 is 2.06 bits per heavy atom. The summed E-state index contributed by atoms with van der Waals surface area (Å²) in [6.45, 7) is 6.02. The summed E-state index contributed by atoms with van der Waals surface area (Å²) >= 11 is 0. The van der Waals surface area contributed by atoms with E-state index in [2.05, 4.69) is 14.9 Å². The Labute approximate surface area is 106 Å². The van der Waals surface area contributed by atoms with E-state index in [4.69, 9.17) is 0 Å². The molecule has 0 fully saturated rings. The molecule has 0 atom stereocenters. The van der Waals surface area contributed by atoms with Crippen LogP contribution in [0.15, 0.2) is 0 Å². The third kappa shape index (κ3) is 3.32. The lowest BCUT2D eigenvalue weighted by Gasteiger charge is -2.19. The molecular formula is C12H19N3O3. The lowest BCUT2D eigenvalue weighted by atomic mass is 10.1. The molecule has 0 bridgehead atoms. The number of carbonyl (C=O) groups excluding carboxylic acids is 2. The maximum absolute atomic E-state index is 12.1. The number of H-pyrrole nitrogens is 1. The molecular weight excluding hydrogens is 234 g/mol. The molecule has 1 aromatic rings. The van der Waals surface area contributed by atoms with E-state index in [-0.39, 0.29) is 18.9 Å². The van der Waals surface area contributed by atoms with Gasteiger partial charge < -0.3 is 9.64 Å². The molecule has 18 heavy (non-hydrogen) atoms. The van der Waals surface area contributed by atoms with Crippen LogP contribution in [0.5, 0.6) is 0 Å². The van der Waals surface area contributed by atoms with Crippen molar-refractivity contribution >= 4 is 11.9 Å². The number of carbonyl (C=O) groups is 2. The van der Waals surface area contributed by atoms with E-state index < -0.39 is 5.97 Å². The van der Waals surface area contributed by atoms with Crippen LogP contribution in [0.3, 0.4) is 0 Å². The van der Waals surface area contributed by atoms with Crippen LogP contribution in [0.4, 0.5) is 0 Å². The molecule has 1 heterocycles. The number of hydrogen-bond acceptors (Lipinski definition) is 4. The van der Waals surface area contributed by atoms with Gasteiger partial charge in [-0.05, 0) is 20.8 Å². The minimum absolute atomic E-state index is 0.0121. The first kappa shape index (κ1) is 14.2. The van der Waals surface area contributed by atoms with Gasteiger partial charge in [-0.1, -0.05) is 0 Å². The summed E-state index contributed by atoms with van der Waals surface area (Å²) < 4.78 is 4.56. The number of likely N-dealkylation sites (N-methyl/N-ethyl adjacent to an activating group) is 1. The van der Waals surface area contributed by atoms with Gasteiger partial charge in [0.05, 0.1) is 19.2 Å². The summed E-state index contributed by atoms with van der Waals surface area (Å²) in [6.07, 6.45) is 0.249. The second-order valence-corrected chi connectivity index (χ2v) is 4.07. The van der Waals surface area contributed by atoms with Crippen molar-refractivity contribution in [2.75, 3.05) is 20.2 Å². The van der Waals surface area contributed by atoms with Crippen LogP contribution in [-0.4, -0.2) is 47.2 Å². The van der Waals surface area contributed by atoms with Gasteiger partial charge in [-0.25, -0.2) is 0 Å². The number of amides is 1. The fourth-order valence-electron chi connectivity index (χ4n) is 1.69. The van der Waals surface area contributed by atoms with Crippen LogP contribution in [0.2, 0.25) is 0 Å². The smallest absolute Gasteiger partial charge is 0.325 e. The van der Waals surface area contributed by atoms with Crippen molar-refractivity contribution in [2.45, 2.75) is 27.2 Å². The first-order valence-corrected chi connectivity index (χ1v) is 5.84. The summed E-state index contributed by atoms with van der Waals surface area (Å²) in [7, 11) is 1.31. The fourth-order valence-corrected chi connectivity index (χ4v) is 1.69. The fraction of sp³-hybridized carbons (Fsp3) is 0.583. The van der Waals surface area contributed by atoms with Crippen molar-refractivity contribution in [1.29, 1.82) is 0 Å². The Hall–Kier alpha value is -1.85. The Kier molecular flexibility index (Phi) is 4.88. The Morgan fingerprint density at radius 3 is 2.50 bits per heavy atom. The largest absolute Gasteiger partial charge is 0.468 e. The van der Waals surface area contributed by atoms with E-state index in [1.165, 1.54) is 12.0 Å². The molecule has 6 nitrogen and oxygen atoms in total. The van der Waals surface area contributed by atoms with E-state index >= 15 is 0 Å². The average Bonchev–Trinajstić information content (AvgIpc) is 2.67. The Morgan fingerprint density at radius 1 is 1.39 bits per heavy atom. The summed E-state index contributed by atoms with van der Waals surface area (Å²) in [5, 5.41) is 6.88. The SMILES string of the molecule is CCN(CC(=O)OC)C(=O)Cc1c(C)n[nH]c1C. The van der Waals surface area contributed by atoms with Gasteiger partial charge in [0.1, 0.15) is 6.54 Å². The minimum Gasteiger partial charge on any atom is -0.468 e. The minimum atomic E-state index is -0.411. The highest BCUT2D eigenvalue weighted by atomic mass is 16.5. The summed E-state index contributed by atoms with van der Waals surface area (Å²) in [5.41, 5.74) is 2.59. The Bertz CT molecular complexity index is 420. The van der Waals surface area contributed by atoms with E-state index in [1.807, 2.05) is 20.8 Å². The summed E-state index contributed by atoms with van der Waals surface area (Å²) in [5.74, 6) is -0.513. The molecule has 0 radical (unpaired) electrons. The summed E-state index contributed by atoms with van der Waals surface area (Å²) in [4.78, 5) is 24.7. The van der Waals surface area contributed by atoms with E-state index in [9.17, 15) is 9.59 Å². The van der Waals surface area contributed by atoms with Crippen molar-refractivity contribution in [3.8, 4) is 0 Å². The maximum atomic E-state index is 12.1. The lowest BCUT2D eigenvalue weighted by Crippen LogP contribution is -2.37. The van der Waals surface area contributed by atoms with Crippen LogP contribution in [0.1, 0.15) is 23.9 Å². The van der Waals surface area contributed by atoms with Crippen LogP contribution in [-0.2, 0) is 20.7 Å². The van der Waals surface area contributed by atoms with Crippen molar-refractivity contribution in [3.05, 3.63) is 17.0 Å². The van der Waals surface area contributed by atoms with E-state index in [0.717, 1.165) is 17.0 Å². The van der Waals surface area contributed by atoms with Crippen molar-refractivity contribution < 1.29 is 14.3 Å². The van der Waals surface area contributed by atoms with Gasteiger partial charge >= 0.3 is 5.97 Å². The standard InChI is InChI=1S/C12H19N3O3/c1-5-15(7-12(17)18-4)11(16)6-10-8(2)13-14-9(10)3/h5-7H2,1-4H3,(H,13,14). The first-order chi connectivity index (χ1) is 8.49. The topological polar surface area (TPSA) is 75.3 Å².